The van der Waals surface area contributed by atoms with Gasteiger partial charge in [0.15, 0.2) is 0 Å². The maximum absolute atomic E-state index is 12.8. The van der Waals surface area contributed by atoms with Gasteiger partial charge < -0.3 is 14.5 Å². The number of nitrogens with zero attached hydrogens (tertiary/aromatic N) is 2. The third-order valence-electron chi connectivity index (χ3n) is 6.02. The van der Waals surface area contributed by atoms with Gasteiger partial charge in [0.25, 0.3) is 11.8 Å². The van der Waals surface area contributed by atoms with E-state index in [4.69, 9.17) is 9.57 Å². The highest BCUT2D eigenvalue weighted by atomic mass is 16.7. The standard InChI is InChI=1S/C20H22N2O6/c1-12-14-5-4-13(21-8-3-9-21)10-15(14)27-19(26)20(12,2)11-18(25)28-22-16(23)6-7-17(22)24/h4-5,10,12H,3,6-9,11H2,1-2H3. The molecule has 2 saturated heterocycles. The van der Waals surface area contributed by atoms with Crippen LogP contribution >= 0.6 is 0 Å². The quantitative estimate of drug-likeness (QED) is 0.443. The molecule has 2 atom stereocenters. The van der Waals surface area contributed by atoms with Crippen LogP contribution < -0.4 is 9.64 Å². The largest absolute Gasteiger partial charge is 0.426 e. The smallest absolute Gasteiger partial charge is 0.334 e. The zero-order chi connectivity index (χ0) is 20.1. The number of rotatable bonds is 4. The van der Waals surface area contributed by atoms with E-state index < -0.39 is 29.2 Å². The molecule has 0 radical (unpaired) electrons. The Morgan fingerprint density at radius 3 is 2.50 bits per heavy atom. The Morgan fingerprint density at radius 2 is 1.89 bits per heavy atom. The Labute approximate surface area is 162 Å². The van der Waals surface area contributed by atoms with Crippen molar-refractivity contribution in [2.75, 3.05) is 18.0 Å². The molecule has 8 heteroatoms. The van der Waals surface area contributed by atoms with Crippen molar-refractivity contribution in [2.45, 2.75) is 45.4 Å². The molecule has 2 unspecified atom stereocenters. The Hall–Kier alpha value is -2.90. The van der Waals surface area contributed by atoms with Crippen LogP contribution in [0, 0.1) is 5.41 Å². The molecule has 0 saturated carbocycles. The predicted molar refractivity (Wildman–Crippen MR) is 97.2 cm³/mol. The molecule has 1 aromatic rings. The van der Waals surface area contributed by atoms with E-state index in [-0.39, 0.29) is 25.2 Å². The van der Waals surface area contributed by atoms with E-state index >= 15 is 0 Å². The topological polar surface area (TPSA) is 93.2 Å². The van der Waals surface area contributed by atoms with Crippen molar-refractivity contribution < 1.29 is 28.8 Å². The minimum absolute atomic E-state index is 0.0224. The average molecular weight is 386 g/mol. The van der Waals surface area contributed by atoms with Crippen molar-refractivity contribution in [3.05, 3.63) is 23.8 Å². The van der Waals surface area contributed by atoms with Crippen molar-refractivity contribution in [3.8, 4) is 5.75 Å². The molecule has 3 aliphatic rings. The maximum Gasteiger partial charge on any atom is 0.334 e. The number of carbonyl (C=O) groups is 4. The highest BCUT2D eigenvalue weighted by Crippen LogP contribution is 2.48. The fourth-order valence-corrected chi connectivity index (χ4v) is 3.79. The molecule has 2 amide bonds. The number of fused-ring (bicyclic) bond motifs is 1. The summed E-state index contributed by atoms with van der Waals surface area (Å²) < 4.78 is 5.57. The second-order valence-corrected chi connectivity index (χ2v) is 7.81. The molecular formula is C20H22N2O6. The predicted octanol–water partition coefficient (Wildman–Crippen LogP) is 1.92. The molecule has 0 N–H and O–H groups in total. The van der Waals surface area contributed by atoms with E-state index in [1.807, 2.05) is 25.1 Å². The lowest BCUT2D eigenvalue weighted by Crippen LogP contribution is -2.44. The molecule has 8 nitrogen and oxygen atoms in total. The fraction of sp³-hybridized carbons (Fsp3) is 0.500. The van der Waals surface area contributed by atoms with Gasteiger partial charge in [-0.15, -0.1) is 5.06 Å². The number of amides is 2. The van der Waals surface area contributed by atoms with Crippen LogP contribution in [-0.2, 0) is 24.0 Å². The number of esters is 1. The van der Waals surface area contributed by atoms with Gasteiger partial charge in [0.05, 0.1) is 11.8 Å². The summed E-state index contributed by atoms with van der Waals surface area (Å²) >= 11 is 0. The number of hydrogen-bond acceptors (Lipinski definition) is 7. The van der Waals surface area contributed by atoms with E-state index in [2.05, 4.69) is 4.90 Å². The lowest BCUT2D eigenvalue weighted by molar-refractivity contribution is -0.199. The van der Waals surface area contributed by atoms with E-state index in [1.165, 1.54) is 0 Å². The molecule has 3 heterocycles. The molecule has 3 aliphatic heterocycles. The second kappa shape index (κ2) is 6.61. The summed E-state index contributed by atoms with van der Waals surface area (Å²) in [5, 5.41) is 0.498. The van der Waals surface area contributed by atoms with Crippen molar-refractivity contribution in [1.29, 1.82) is 0 Å². The lowest BCUT2D eigenvalue weighted by atomic mass is 9.70. The molecule has 0 aliphatic carbocycles. The Balaban J connectivity index is 1.52. The lowest BCUT2D eigenvalue weighted by Gasteiger charge is -2.39. The van der Waals surface area contributed by atoms with Crippen molar-refractivity contribution in [1.82, 2.24) is 5.06 Å². The number of anilines is 1. The summed E-state index contributed by atoms with van der Waals surface area (Å²) in [6.07, 6.45) is 0.899. The van der Waals surface area contributed by atoms with Crippen LogP contribution in [0.4, 0.5) is 5.69 Å². The normalized spacial score (nSPS) is 26.6. The average Bonchev–Trinajstić information content (AvgIpc) is 2.90. The van der Waals surface area contributed by atoms with Crippen LogP contribution in [0.15, 0.2) is 18.2 Å². The SMILES string of the molecule is CC1c2ccc(N3CCC3)cc2OC(=O)C1(C)CC(=O)ON1C(=O)CCC1=O. The third kappa shape index (κ3) is 2.93. The second-order valence-electron chi connectivity index (χ2n) is 7.81. The van der Waals surface area contributed by atoms with Crippen LogP contribution in [0.3, 0.4) is 0 Å². The molecule has 0 aromatic heterocycles. The zero-order valence-electron chi connectivity index (χ0n) is 15.9. The van der Waals surface area contributed by atoms with E-state index in [0.29, 0.717) is 10.8 Å². The van der Waals surface area contributed by atoms with Gasteiger partial charge in [-0.05, 0) is 25.0 Å². The van der Waals surface area contributed by atoms with Gasteiger partial charge in [-0.25, -0.2) is 4.79 Å². The van der Waals surface area contributed by atoms with Gasteiger partial charge in [-0.1, -0.05) is 13.0 Å². The van der Waals surface area contributed by atoms with Crippen LogP contribution in [0.25, 0.3) is 0 Å². The maximum atomic E-state index is 12.8. The number of benzene rings is 1. The van der Waals surface area contributed by atoms with E-state index in [1.54, 1.807) is 6.92 Å². The first-order valence-corrected chi connectivity index (χ1v) is 9.47. The van der Waals surface area contributed by atoms with E-state index in [9.17, 15) is 19.2 Å². The highest BCUT2D eigenvalue weighted by molar-refractivity contribution is 6.01. The summed E-state index contributed by atoms with van der Waals surface area (Å²) in [5.74, 6) is -2.22. The number of carbonyl (C=O) groups excluding carboxylic acids is 4. The summed E-state index contributed by atoms with van der Waals surface area (Å²) in [6.45, 7) is 5.47. The van der Waals surface area contributed by atoms with Crippen LogP contribution in [0.2, 0.25) is 0 Å². The molecule has 28 heavy (non-hydrogen) atoms. The first-order chi connectivity index (χ1) is 13.3. The van der Waals surface area contributed by atoms with Crippen molar-refractivity contribution in [2.24, 2.45) is 5.41 Å². The van der Waals surface area contributed by atoms with Gasteiger partial charge >= 0.3 is 11.9 Å². The van der Waals surface area contributed by atoms with Crippen molar-refractivity contribution in [3.63, 3.8) is 0 Å². The number of imide groups is 1. The number of ether oxygens (including phenoxy) is 1. The molecule has 0 bridgehead atoms. The molecule has 1 aromatic carbocycles. The van der Waals surface area contributed by atoms with Gasteiger partial charge in [-0.2, -0.15) is 0 Å². The number of hydrogen-bond donors (Lipinski definition) is 0. The number of hydroxylamine groups is 2. The summed E-state index contributed by atoms with van der Waals surface area (Å²) in [7, 11) is 0. The highest BCUT2D eigenvalue weighted by Gasteiger charge is 2.49. The Morgan fingerprint density at radius 1 is 1.21 bits per heavy atom. The molecular weight excluding hydrogens is 364 g/mol. The van der Waals surface area contributed by atoms with Gasteiger partial charge in [-0.3, -0.25) is 14.4 Å². The Bertz CT molecular complexity index is 861. The molecule has 4 rings (SSSR count). The molecule has 148 valence electrons. The van der Waals surface area contributed by atoms with E-state index in [0.717, 1.165) is 30.8 Å². The summed E-state index contributed by atoms with van der Waals surface area (Å²) in [4.78, 5) is 55.5. The third-order valence-corrected chi connectivity index (χ3v) is 6.02. The van der Waals surface area contributed by atoms with Crippen LogP contribution in [0.1, 0.15) is 51.0 Å². The molecule has 0 spiro atoms. The minimum Gasteiger partial charge on any atom is -0.426 e. The first-order valence-electron chi connectivity index (χ1n) is 9.47. The van der Waals surface area contributed by atoms with Gasteiger partial charge in [0.2, 0.25) is 0 Å². The monoisotopic (exact) mass is 386 g/mol. The van der Waals surface area contributed by atoms with Crippen LogP contribution in [0.5, 0.6) is 5.75 Å². The van der Waals surface area contributed by atoms with Crippen molar-refractivity contribution >= 4 is 29.4 Å². The Kier molecular flexibility index (Phi) is 4.36. The van der Waals surface area contributed by atoms with Crippen LogP contribution in [-0.4, -0.2) is 41.9 Å². The molecule has 2 fully saturated rings. The summed E-state index contributed by atoms with van der Waals surface area (Å²) in [6, 6.07) is 5.79. The summed E-state index contributed by atoms with van der Waals surface area (Å²) in [5.41, 5.74) is 0.695. The first kappa shape index (κ1) is 18.5. The minimum atomic E-state index is -1.16. The van der Waals surface area contributed by atoms with Gasteiger partial charge in [0.1, 0.15) is 5.75 Å². The van der Waals surface area contributed by atoms with Gasteiger partial charge in [0, 0.05) is 43.6 Å². The fourth-order valence-electron chi connectivity index (χ4n) is 3.79. The zero-order valence-corrected chi connectivity index (χ0v) is 15.9.